The molecular weight excluding hydrogens is 171 g/mol. The van der Waals surface area contributed by atoms with Crippen molar-refractivity contribution in [3.63, 3.8) is 0 Å². The fraction of sp³-hybridized carbons (Fsp3) is 0.400. The Morgan fingerprint density at radius 2 is 2.15 bits per heavy atom. The van der Waals surface area contributed by atoms with Crippen LogP contribution in [0.4, 0.5) is 4.39 Å². The van der Waals surface area contributed by atoms with Crippen LogP contribution in [0.15, 0.2) is 12.1 Å². The molecule has 1 aromatic rings. The highest BCUT2D eigenvalue weighted by molar-refractivity contribution is 5.49. The second-order valence-corrected chi connectivity index (χ2v) is 3.91. The van der Waals surface area contributed by atoms with E-state index in [1.807, 2.05) is 13.8 Å². The number of hydrogen-bond donors (Lipinski definition) is 1. The van der Waals surface area contributed by atoms with Gasteiger partial charge in [0.15, 0.2) is 11.5 Å². The zero-order chi connectivity index (χ0) is 9.64. The third kappa shape index (κ3) is 1.24. The number of ether oxygens (including phenoxy) is 1. The van der Waals surface area contributed by atoms with Gasteiger partial charge in [-0.15, -0.1) is 0 Å². The van der Waals surface area contributed by atoms with Crippen LogP contribution < -0.4 is 4.74 Å². The number of halogens is 1. The summed E-state index contributed by atoms with van der Waals surface area (Å²) in [5.41, 5.74) is 0.0622. The quantitative estimate of drug-likeness (QED) is 0.666. The van der Waals surface area contributed by atoms with Gasteiger partial charge in [-0.2, -0.15) is 0 Å². The molecule has 0 amide bonds. The molecule has 70 valence electrons. The molecule has 2 nitrogen and oxygen atoms in total. The lowest BCUT2D eigenvalue weighted by atomic mass is 10.0. The smallest absolute Gasteiger partial charge is 0.168 e. The zero-order valence-corrected chi connectivity index (χ0v) is 7.60. The zero-order valence-electron chi connectivity index (χ0n) is 7.60. The molecule has 0 aliphatic carbocycles. The minimum atomic E-state index is -0.415. The van der Waals surface area contributed by atoms with Gasteiger partial charge < -0.3 is 9.84 Å². The van der Waals surface area contributed by atoms with Crippen LogP contribution in [-0.2, 0) is 6.42 Å². The summed E-state index contributed by atoms with van der Waals surface area (Å²) < 4.78 is 18.6. The van der Waals surface area contributed by atoms with Crippen molar-refractivity contribution < 1.29 is 14.2 Å². The summed E-state index contributed by atoms with van der Waals surface area (Å²) in [7, 11) is 0. The molecule has 3 heteroatoms. The van der Waals surface area contributed by atoms with Crippen LogP contribution in [0.3, 0.4) is 0 Å². The van der Waals surface area contributed by atoms with Crippen LogP contribution in [-0.4, -0.2) is 10.7 Å². The van der Waals surface area contributed by atoms with E-state index in [9.17, 15) is 9.50 Å². The van der Waals surface area contributed by atoms with Crippen LogP contribution in [0.2, 0.25) is 0 Å². The predicted octanol–water partition coefficient (Wildman–Crippen LogP) is 2.24. The third-order valence-electron chi connectivity index (χ3n) is 2.16. The molecule has 0 saturated carbocycles. The Morgan fingerprint density at radius 1 is 1.46 bits per heavy atom. The monoisotopic (exact) mass is 182 g/mol. The van der Waals surface area contributed by atoms with Gasteiger partial charge in [-0.05, 0) is 26.0 Å². The average molecular weight is 182 g/mol. The number of benzene rings is 1. The Hall–Kier alpha value is -1.25. The number of fused-ring (bicyclic) bond motifs is 1. The van der Waals surface area contributed by atoms with Crippen molar-refractivity contribution in [1.29, 1.82) is 0 Å². The fourth-order valence-electron chi connectivity index (χ4n) is 1.61. The van der Waals surface area contributed by atoms with Gasteiger partial charge >= 0.3 is 0 Å². The summed E-state index contributed by atoms with van der Waals surface area (Å²) in [5, 5.41) is 9.40. The van der Waals surface area contributed by atoms with Gasteiger partial charge in [-0.3, -0.25) is 0 Å². The predicted molar refractivity (Wildman–Crippen MR) is 46.5 cm³/mol. The molecule has 13 heavy (non-hydrogen) atoms. The van der Waals surface area contributed by atoms with Gasteiger partial charge in [0.2, 0.25) is 0 Å². The molecule has 0 aromatic heterocycles. The van der Waals surface area contributed by atoms with Crippen LogP contribution in [0.1, 0.15) is 19.4 Å². The Bertz CT molecular complexity index is 325. The topological polar surface area (TPSA) is 29.5 Å². The molecule has 1 N–H and O–H groups in total. The first-order chi connectivity index (χ1) is 5.99. The summed E-state index contributed by atoms with van der Waals surface area (Å²) in [5.74, 6) is 0.00495. The number of phenols is 1. The van der Waals surface area contributed by atoms with Gasteiger partial charge in [0.05, 0.1) is 0 Å². The first-order valence-corrected chi connectivity index (χ1v) is 4.19. The van der Waals surface area contributed by atoms with Gasteiger partial charge in [0.1, 0.15) is 11.4 Å². The lowest BCUT2D eigenvalue weighted by Crippen LogP contribution is -2.24. The minimum Gasteiger partial charge on any atom is -0.504 e. The van der Waals surface area contributed by atoms with Gasteiger partial charge in [-0.25, -0.2) is 4.39 Å². The first-order valence-electron chi connectivity index (χ1n) is 4.19. The molecule has 2 rings (SSSR count). The average Bonchev–Trinajstić information content (AvgIpc) is 2.35. The molecule has 1 aromatic carbocycles. The molecule has 0 bridgehead atoms. The van der Waals surface area contributed by atoms with Gasteiger partial charge in [-0.1, -0.05) is 0 Å². The Labute approximate surface area is 76.0 Å². The van der Waals surface area contributed by atoms with Crippen molar-refractivity contribution in [3.8, 4) is 11.5 Å². The summed E-state index contributed by atoms with van der Waals surface area (Å²) in [6, 6.07) is 2.58. The SMILES string of the molecule is CC1(C)Cc2c(F)ccc(O)c2O1. The minimum absolute atomic E-state index is 0.0157. The van der Waals surface area contributed by atoms with E-state index in [0.717, 1.165) is 0 Å². The lowest BCUT2D eigenvalue weighted by molar-refractivity contribution is 0.134. The van der Waals surface area contributed by atoms with E-state index >= 15 is 0 Å². The number of hydrogen-bond acceptors (Lipinski definition) is 2. The van der Waals surface area contributed by atoms with Crippen molar-refractivity contribution in [2.24, 2.45) is 0 Å². The summed E-state index contributed by atoms with van der Waals surface area (Å²) in [6.07, 6.45) is 0.503. The van der Waals surface area contributed by atoms with E-state index < -0.39 is 5.60 Å². The van der Waals surface area contributed by atoms with Crippen molar-refractivity contribution in [1.82, 2.24) is 0 Å². The Morgan fingerprint density at radius 3 is 2.77 bits per heavy atom. The van der Waals surface area contributed by atoms with Crippen molar-refractivity contribution >= 4 is 0 Å². The number of rotatable bonds is 0. The molecular formula is C10H11FO2. The van der Waals surface area contributed by atoms with Crippen LogP contribution in [0.25, 0.3) is 0 Å². The van der Waals surface area contributed by atoms with E-state index in [0.29, 0.717) is 17.7 Å². The van der Waals surface area contributed by atoms with E-state index in [4.69, 9.17) is 4.74 Å². The molecule has 0 fully saturated rings. The van der Waals surface area contributed by atoms with Crippen molar-refractivity contribution in [3.05, 3.63) is 23.5 Å². The molecule has 0 atom stereocenters. The van der Waals surface area contributed by atoms with E-state index in [-0.39, 0.29) is 11.6 Å². The molecule has 0 radical (unpaired) electrons. The highest BCUT2D eigenvalue weighted by Crippen LogP contribution is 2.42. The maximum Gasteiger partial charge on any atom is 0.168 e. The largest absolute Gasteiger partial charge is 0.504 e. The van der Waals surface area contributed by atoms with Crippen LogP contribution in [0.5, 0.6) is 11.5 Å². The van der Waals surface area contributed by atoms with Crippen LogP contribution >= 0.6 is 0 Å². The standard InChI is InChI=1S/C10H11FO2/c1-10(2)5-6-7(11)3-4-8(12)9(6)13-10/h3-4,12H,5H2,1-2H3. The number of phenolic OH excluding ortho intramolecular Hbond substituents is 1. The molecule has 0 unspecified atom stereocenters. The fourth-order valence-corrected chi connectivity index (χ4v) is 1.61. The summed E-state index contributed by atoms with van der Waals surface area (Å²) in [6.45, 7) is 3.73. The van der Waals surface area contributed by atoms with E-state index in [2.05, 4.69) is 0 Å². The molecule has 0 saturated heterocycles. The second-order valence-electron chi connectivity index (χ2n) is 3.91. The maximum atomic E-state index is 13.2. The maximum absolute atomic E-state index is 13.2. The van der Waals surface area contributed by atoms with Crippen molar-refractivity contribution in [2.75, 3.05) is 0 Å². The molecule has 0 spiro atoms. The normalized spacial score (nSPS) is 18.1. The number of aromatic hydroxyl groups is 1. The molecule has 1 heterocycles. The molecule has 1 aliphatic rings. The lowest BCUT2D eigenvalue weighted by Gasteiger charge is -2.16. The van der Waals surface area contributed by atoms with E-state index in [1.165, 1.54) is 12.1 Å². The second kappa shape index (κ2) is 2.37. The van der Waals surface area contributed by atoms with E-state index in [1.54, 1.807) is 0 Å². The summed E-state index contributed by atoms with van der Waals surface area (Å²) >= 11 is 0. The van der Waals surface area contributed by atoms with Gasteiger partial charge in [0, 0.05) is 12.0 Å². The Balaban J connectivity index is 2.56. The van der Waals surface area contributed by atoms with Crippen LogP contribution in [0, 0.1) is 5.82 Å². The third-order valence-corrected chi connectivity index (χ3v) is 2.16. The van der Waals surface area contributed by atoms with Gasteiger partial charge in [0.25, 0.3) is 0 Å². The highest BCUT2D eigenvalue weighted by atomic mass is 19.1. The highest BCUT2D eigenvalue weighted by Gasteiger charge is 2.34. The Kier molecular flexibility index (Phi) is 1.53. The first kappa shape index (κ1) is 8.35. The molecule has 1 aliphatic heterocycles. The summed E-state index contributed by atoms with van der Waals surface area (Å²) in [4.78, 5) is 0. The van der Waals surface area contributed by atoms with Crippen molar-refractivity contribution in [2.45, 2.75) is 25.9 Å².